The van der Waals surface area contributed by atoms with E-state index in [0.717, 1.165) is 0 Å². The zero-order valence-corrected chi connectivity index (χ0v) is 7.45. The second-order valence-corrected chi connectivity index (χ2v) is 2.35. The Kier molecular flexibility index (Phi) is 3.34. The van der Waals surface area contributed by atoms with Crippen molar-refractivity contribution in [2.24, 2.45) is 10.3 Å². The SMILES string of the molecule is COc1cccc(/C(N=[N+]=[N-])=N/O)c1. The molecule has 0 saturated carbocycles. The van der Waals surface area contributed by atoms with Crippen LogP contribution in [0.4, 0.5) is 0 Å². The number of nitrogens with zero attached hydrogens (tertiary/aromatic N) is 4. The molecule has 0 unspecified atom stereocenters. The van der Waals surface area contributed by atoms with Gasteiger partial charge in [-0.2, -0.15) is 0 Å². The maximum absolute atomic E-state index is 8.56. The Labute approximate surface area is 80.1 Å². The van der Waals surface area contributed by atoms with Crippen LogP contribution in [0.2, 0.25) is 0 Å². The van der Waals surface area contributed by atoms with E-state index in [1.165, 1.54) is 7.11 Å². The first-order valence-corrected chi connectivity index (χ1v) is 3.73. The second kappa shape index (κ2) is 4.74. The van der Waals surface area contributed by atoms with Crippen LogP contribution in [0.25, 0.3) is 10.4 Å². The molecular formula is C8H8N4O2. The molecule has 0 saturated heterocycles. The number of rotatable bonds is 2. The van der Waals surface area contributed by atoms with Crippen LogP contribution in [0.3, 0.4) is 0 Å². The average Bonchev–Trinajstić information content (AvgIpc) is 2.26. The Bertz CT molecular complexity index is 396. The van der Waals surface area contributed by atoms with Gasteiger partial charge in [0.05, 0.1) is 7.11 Å². The fourth-order valence-electron chi connectivity index (χ4n) is 0.940. The highest BCUT2D eigenvalue weighted by atomic mass is 16.5. The average molecular weight is 192 g/mol. The van der Waals surface area contributed by atoms with Gasteiger partial charge < -0.3 is 9.94 Å². The van der Waals surface area contributed by atoms with E-state index >= 15 is 0 Å². The summed E-state index contributed by atoms with van der Waals surface area (Å²) < 4.78 is 4.96. The lowest BCUT2D eigenvalue weighted by atomic mass is 10.2. The highest BCUT2D eigenvalue weighted by Crippen LogP contribution is 2.13. The van der Waals surface area contributed by atoms with E-state index in [9.17, 15) is 0 Å². The normalized spacial score (nSPS) is 10.5. The Hall–Kier alpha value is -2.20. The molecule has 0 bridgehead atoms. The minimum atomic E-state index is -0.0913. The smallest absolute Gasteiger partial charge is 0.173 e. The molecule has 0 amide bonds. The Balaban J connectivity index is 3.11. The zero-order valence-electron chi connectivity index (χ0n) is 7.45. The summed E-state index contributed by atoms with van der Waals surface area (Å²) in [5, 5.41) is 14.6. The third-order valence-electron chi connectivity index (χ3n) is 1.56. The topological polar surface area (TPSA) is 90.6 Å². The molecular weight excluding hydrogens is 184 g/mol. The zero-order chi connectivity index (χ0) is 10.4. The number of benzene rings is 1. The quantitative estimate of drug-likeness (QED) is 0.148. The summed E-state index contributed by atoms with van der Waals surface area (Å²) in [5.41, 5.74) is 8.68. The van der Waals surface area contributed by atoms with Crippen LogP contribution in [0.5, 0.6) is 5.75 Å². The molecule has 0 heterocycles. The van der Waals surface area contributed by atoms with E-state index in [1.807, 2.05) is 0 Å². The minimum absolute atomic E-state index is 0.0913. The molecule has 1 aromatic rings. The predicted octanol–water partition coefficient (Wildman–Crippen LogP) is 2.14. The van der Waals surface area contributed by atoms with Crippen LogP contribution in [0, 0.1) is 0 Å². The lowest BCUT2D eigenvalue weighted by Crippen LogP contribution is -1.96. The van der Waals surface area contributed by atoms with Crippen molar-refractivity contribution in [3.05, 3.63) is 40.3 Å². The molecule has 0 radical (unpaired) electrons. The number of amidine groups is 1. The summed E-state index contributed by atoms with van der Waals surface area (Å²) >= 11 is 0. The van der Waals surface area contributed by atoms with Crippen molar-refractivity contribution in [3.63, 3.8) is 0 Å². The summed E-state index contributed by atoms with van der Waals surface area (Å²) in [4.78, 5) is 2.53. The standard InChI is InChI=1S/C8H8N4O2/c1-14-7-4-2-3-6(5-7)8(11-13)10-12-9/h2-5,13H,1H3/b11-8-. The molecule has 0 fully saturated rings. The number of ether oxygens (including phenoxy) is 1. The van der Waals surface area contributed by atoms with Crippen molar-refractivity contribution in [2.45, 2.75) is 0 Å². The van der Waals surface area contributed by atoms with Crippen molar-refractivity contribution in [1.29, 1.82) is 0 Å². The maximum Gasteiger partial charge on any atom is 0.173 e. The van der Waals surface area contributed by atoms with Crippen LogP contribution in [0.1, 0.15) is 5.56 Å². The fourth-order valence-corrected chi connectivity index (χ4v) is 0.940. The molecule has 1 rings (SSSR count). The van der Waals surface area contributed by atoms with Gasteiger partial charge in [-0.25, -0.2) is 0 Å². The van der Waals surface area contributed by atoms with E-state index < -0.39 is 0 Å². The lowest BCUT2D eigenvalue weighted by Gasteiger charge is -2.01. The van der Waals surface area contributed by atoms with Gasteiger partial charge >= 0.3 is 0 Å². The molecule has 14 heavy (non-hydrogen) atoms. The Morgan fingerprint density at radius 2 is 2.36 bits per heavy atom. The first-order valence-electron chi connectivity index (χ1n) is 3.73. The molecule has 6 nitrogen and oxygen atoms in total. The van der Waals surface area contributed by atoms with Crippen LogP contribution >= 0.6 is 0 Å². The van der Waals surface area contributed by atoms with Gasteiger partial charge in [-0.1, -0.05) is 17.3 Å². The highest BCUT2D eigenvalue weighted by Gasteiger charge is 2.02. The van der Waals surface area contributed by atoms with E-state index in [-0.39, 0.29) is 5.84 Å². The van der Waals surface area contributed by atoms with Gasteiger partial charge in [0.15, 0.2) is 5.84 Å². The first-order chi connectivity index (χ1) is 6.81. The van der Waals surface area contributed by atoms with Crippen molar-refractivity contribution >= 4 is 5.84 Å². The Morgan fingerprint density at radius 1 is 1.57 bits per heavy atom. The van der Waals surface area contributed by atoms with E-state index in [0.29, 0.717) is 11.3 Å². The molecule has 0 atom stereocenters. The van der Waals surface area contributed by atoms with Gasteiger partial charge in [-0.3, -0.25) is 0 Å². The summed E-state index contributed by atoms with van der Waals surface area (Å²) in [6.07, 6.45) is 0. The summed E-state index contributed by atoms with van der Waals surface area (Å²) in [6.45, 7) is 0. The van der Waals surface area contributed by atoms with E-state index in [2.05, 4.69) is 15.2 Å². The largest absolute Gasteiger partial charge is 0.497 e. The second-order valence-electron chi connectivity index (χ2n) is 2.35. The molecule has 6 heteroatoms. The molecule has 0 aliphatic carbocycles. The number of hydrogen-bond acceptors (Lipinski definition) is 3. The summed E-state index contributed by atoms with van der Waals surface area (Å²) in [7, 11) is 1.52. The van der Waals surface area contributed by atoms with Crippen molar-refractivity contribution in [2.75, 3.05) is 7.11 Å². The molecule has 0 aliphatic rings. The van der Waals surface area contributed by atoms with E-state index in [1.54, 1.807) is 24.3 Å². The van der Waals surface area contributed by atoms with Crippen LogP contribution in [-0.2, 0) is 0 Å². The highest BCUT2D eigenvalue weighted by molar-refractivity contribution is 5.99. The molecule has 0 aliphatic heterocycles. The summed E-state index contributed by atoms with van der Waals surface area (Å²) in [5.74, 6) is 0.503. The van der Waals surface area contributed by atoms with Crippen LogP contribution in [-0.4, -0.2) is 18.2 Å². The van der Waals surface area contributed by atoms with Crippen LogP contribution in [0.15, 0.2) is 34.5 Å². The van der Waals surface area contributed by atoms with Gasteiger partial charge in [0, 0.05) is 10.5 Å². The van der Waals surface area contributed by atoms with Crippen molar-refractivity contribution in [1.82, 2.24) is 0 Å². The third kappa shape index (κ3) is 2.15. The van der Waals surface area contributed by atoms with Gasteiger partial charge in [0.2, 0.25) is 0 Å². The molecule has 0 spiro atoms. The monoisotopic (exact) mass is 192 g/mol. The van der Waals surface area contributed by atoms with E-state index in [4.69, 9.17) is 15.5 Å². The maximum atomic E-state index is 8.56. The van der Waals surface area contributed by atoms with Crippen molar-refractivity contribution < 1.29 is 9.94 Å². The van der Waals surface area contributed by atoms with Crippen LogP contribution < -0.4 is 4.74 Å². The third-order valence-corrected chi connectivity index (χ3v) is 1.56. The number of oxime groups is 1. The minimum Gasteiger partial charge on any atom is -0.497 e. The fraction of sp³-hybridized carbons (Fsp3) is 0.125. The molecule has 72 valence electrons. The summed E-state index contributed by atoms with van der Waals surface area (Å²) in [6, 6.07) is 6.68. The van der Waals surface area contributed by atoms with Crippen molar-refractivity contribution in [3.8, 4) is 5.75 Å². The Morgan fingerprint density at radius 3 is 2.93 bits per heavy atom. The van der Waals surface area contributed by atoms with Gasteiger partial charge in [-0.05, 0) is 22.8 Å². The van der Waals surface area contributed by atoms with Gasteiger partial charge in [0.1, 0.15) is 5.75 Å². The molecule has 1 aromatic carbocycles. The number of azide groups is 1. The van der Waals surface area contributed by atoms with Gasteiger partial charge in [0.25, 0.3) is 0 Å². The predicted molar refractivity (Wildman–Crippen MR) is 50.5 cm³/mol. The number of methoxy groups -OCH3 is 1. The molecule has 0 aromatic heterocycles. The first kappa shape index (κ1) is 9.88. The van der Waals surface area contributed by atoms with Gasteiger partial charge in [-0.15, -0.1) is 0 Å². The number of hydrogen-bond donors (Lipinski definition) is 1. The molecule has 1 N–H and O–H groups in total. The lowest BCUT2D eigenvalue weighted by molar-refractivity contribution is 0.318.